The zero-order valence-corrected chi connectivity index (χ0v) is 11.3. The maximum absolute atomic E-state index is 12.8. The fourth-order valence-electron chi connectivity index (χ4n) is 1.87. The molecule has 1 N–H and O–H groups in total. The molecule has 1 aromatic rings. The molecule has 0 amide bonds. The Balaban J connectivity index is 2.83. The number of halogens is 3. The zero-order chi connectivity index (χ0) is 14.3. The molecule has 2 nitrogen and oxygen atoms in total. The number of para-hydroxylation sites is 1. The summed E-state index contributed by atoms with van der Waals surface area (Å²) in [5.41, 5.74) is -0.708. The molecule has 0 saturated heterocycles. The molecule has 0 unspecified atom stereocenters. The summed E-state index contributed by atoms with van der Waals surface area (Å²) >= 11 is 0. The highest BCUT2D eigenvalue weighted by Crippen LogP contribution is 2.36. The van der Waals surface area contributed by atoms with E-state index in [9.17, 15) is 13.2 Å². The molecule has 0 radical (unpaired) electrons. The molecule has 1 atom stereocenters. The molecule has 5 heteroatoms. The third-order valence-corrected chi connectivity index (χ3v) is 2.81. The van der Waals surface area contributed by atoms with E-state index in [1.54, 1.807) is 6.07 Å². The van der Waals surface area contributed by atoms with E-state index < -0.39 is 11.7 Å². The number of hydrogen-bond donors (Lipinski definition) is 1. The minimum absolute atomic E-state index is 0.0791. The Morgan fingerprint density at radius 3 is 2.47 bits per heavy atom. The molecule has 108 valence electrons. The summed E-state index contributed by atoms with van der Waals surface area (Å²) < 4.78 is 44.1. The van der Waals surface area contributed by atoms with E-state index in [1.807, 2.05) is 14.0 Å². The Kier molecular flexibility index (Phi) is 6.15. The highest BCUT2D eigenvalue weighted by atomic mass is 19.4. The smallest absolute Gasteiger partial charge is 0.419 e. The van der Waals surface area contributed by atoms with Crippen LogP contribution in [0.1, 0.15) is 31.7 Å². The Morgan fingerprint density at radius 2 is 1.89 bits per heavy atom. The second-order valence-corrected chi connectivity index (χ2v) is 4.41. The lowest BCUT2D eigenvalue weighted by molar-refractivity contribution is -0.139. The molecular formula is C14H20F3NO. The molecule has 1 rings (SSSR count). The van der Waals surface area contributed by atoms with Gasteiger partial charge in [-0.05, 0) is 38.6 Å². The van der Waals surface area contributed by atoms with Crippen molar-refractivity contribution in [2.45, 2.75) is 38.5 Å². The molecule has 0 aliphatic carbocycles. The first-order chi connectivity index (χ1) is 8.99. The third-order valence-electron chi connectivity index (χ3n) is 2.81. The van der Waals surface area contributed by atoms with Crippen LogP contribution in [0.5, 0.6) is 5.75 Å². The fourth-order valence-corrected chi connectivity index (χ4v) is 1.87. The van der Waals surface area contributed by atoms with Crippen LogP contribution >= 0.6 is 0 Å². The summed E-state index contributed by atoms with van der Waals surface area (Å²) in [6.07, 6.45) is -2.26. The summed E-state index contributed by atoms with van der Waals surface area (Å²) in [7, 11) is 1.81. The number of alkyl halides is 3. The number of benzene rings is 1. The SMILES string of the molecule is CCC[C@H](CCNC)Oc1ccccc1C(F)(F)F. The van der Waals surface area contributed by atoms with Gasteiger partial charge in [-0.25, -0.2) is 0 Å². The third kappa shape index (κ3) is 5.11. The summed E-state index contributed by atoms with van der Waals surface area (Å²) in [5, 5.41) is 2.98. The van der Waals surface area contributed by atoms with Crippen LogP contribution in [0.3, 0.4) is 0 Å². The number of rotatable bonds is 7. The normalized spacial score (nSPS) is 13.3. The van der Waals surface area contributed by atoms with E-state index in [1.165, 1.54) is 12.1 Å². The van der Waals surface area contributed by atoms with Crippen molar-refractivity contribution in [3.05, 3.63) is 29.8 Å². The van der Waals surface area contributed by atoms with Crippen LogP contribution in [-0.2, 0) is 6.18 Å². The predicted molar refractivity (Wildman–Crippen MR) is 69.3 cm³/mol. The molecule has 0 aliphatic rings. The van der Waals surface area contributed by atoms with E-state index in [0.717, 1.165) is 25.5 Å². The molecule has 0 aromatic heterocycles. The van der Waals surface area contributed by atoms with Crippen molar-refractivity contribution in [1.29, 1.82) is 0 Å². The van der Waals surface area contributed by atoms with E-state index in [0.29, 0.717) is 6.42 Å². The summed E-state index contributed by atoms with van der Waals surface area (Å²) in [5.74, 6) is -0.0791. The van der Waals surface area contributed by atoms with Gasteiger partial charge in [0.2, 0.25) is 0 Å². The van der Waals surface area contributed by atoms with E-state index >= 15 is 0 Å². The highest BCUT2D eigenvalue weighted by molar-refractivity contribution is 5.35. The van der Waals surface area contributed by atoms with Crippen molar-refractivity contribution < 1.29 is 17.9 Å². The van der Waals surface area contributed by atoms with Gasteiger partial charge in [-0.2, -0.15) is 13.2 Å². The Hall–Kier alpha value is -1.23. The van der Waals surface area contributed by atoms with Crippen molar-refractivity contribution in [3.63, 3.8) is 0 Å². The standard InChI is InChI=1S/C14H20F3NO/c1-3-6-11(9-10-18-2)19-13-8-5-4-7-12(13)14(15,16)17/h4-5,7-8,11,18H,3,6,9-10H2,1-2H3/t11-/m1/s1. The Bertz CT molecular complexity index is 379. The minimum atomic E-state index is -4.38. The van der Waals surface area contributed by atoms with Crippen molar-refractivity contribution >= 4 is 0 Å². The average Bonchev–Trinajstić information content (AvgIpc) is 2.35. The lowest BCUT2D eigenvalue weighted by atomic mass is 10.1. The van der Waals surface area contributed by atoms with Crippen LogP contribution in [-0.4, -0.2) is 19.7 Å². The van der Waals surface area contributed by atoms with E-state index in [4.69, 9.17) is 4.74 Å². The summed E-state index contributed by atoms with van der Waals surface area (Å²) in [4.78, 5) is 0. The van der Waals surface area contributed by atoms with Gasteiger partial charge in [-0.3, -0.25) is 0 Å². The number of ether oxygens (including phenoxy) is 1. The number of nitrogens with one attached hydrogen (secondary N) is 1. The van der Waals surface area contributed by atoms with Gasteiger partial charge in [-0.1, -0.05) is 25.5 Å². The van der Waals surface area contributed by atoms with Crippen molar-refractivity contribution in [2.75, 3.05) is 13.6 Å². The Morgan fingerprint density at radius 1 is 1.21 bits per heavy atom. The number of hydrogen-bond acceptors (Lipinski definition) is 2. The first-order valence-electron chi connectivity index (χ1n) is 6.46. The molecule has 0 spiro atoms. The quantitative estimate of drug-likeness (QED) is 0.815. The topological polar surface area (TPSA) is 21.3 Å². The van der Waals surface area contributed by atoms with E-state index in [-0.39, 0.29) is 11.9 Å². The van der Waals surface area contributed by atoms with Crippen LogP contribution in [0, 0.1) is 0 Å². The lowest BCUT2D eigenvalue weighted by Crippen LogP contribution is -2.23. The van der Waals surface area contributed by atoms with Gasteiger partial charge in [-0.15, -0.1) is 0 Å². The van der Waals surface area contributed by atoms with Gasteiger partial charge < -0.3 is 10.1 Å². The molecule has 0 heterocycles. The van der Waals surface area contributed by atoms with Gasteiger partial charge in [0.25, 0.3) is 0 Å². The maximum atomic E-state index is 12.8. The van der Waals surface area contributed by atoms with Gasteiger partial charge in [0.05, 0.1) is 11.7 Å². The zero-order valence-electron chi connectivity index (χ0n) is 11.3. The van der Waals surface area contributed by atoms with Crippen LogP contribution in [0.4, 0.5) is 13.2 Å². The van der Waals surface area contributed by atoms with Crippen molar-refractivity contribution in [1.82, 2.24) is 5.32 Å². The van der Waals surface area contributed by atoms with Gasteiger partial charge >= 0.3 is 6.18 Å². The van der Waals surface area contributed by atoms with Crippen LogP contribution in [0.25, 0.3) is 0 Å². The highest BCUT2D eigenvalue weighted by Gasteiger charge is 2.34. The largest absolute Gasteiger partial charge is 0.490 e. The summed E-state index contributed by atoms with van der Waals surface area (Å²) in [6, 6.07) is 5.37. The predicted octanol–water partition coefficient (Wildman–Crippen LogP) is 3.86. The average molecular weight is 275 g/mol. The van der Waals surface area contributed by atoms with Crippen LogP contribution < -0.4 is 10.1 Å². The van der Waals surface area contributed by atoms with Crippen LogP contribution in [0.2, 0.25) is 0 Å². The van der Waals surface area contributed by atoms with Gasteiger partial charge in [0.15, 0.2) is 0 Å². The van der Waals surface area contributed by atoms with E-state index in [2.05, 4.69) is 5.32 Å². The lowest BCUT2D eigenvalue weighted by Gasteiger charge is -2.21. The Labute approximate surface area is 112 Å². The molecule has 19 heavy (non-hydrogen) atoms. The van der Waals surface area contributed by atoms with Crippen molar-refractivity contribution in [2.24, 2.45) is 0 Å². The molecule has 0 saturated carbocycles. The first kappa shape index (κ1) is 15.8. The first-order valence-corrected chi connectivity index (χ1v) is 6.46. The van der Waals surface area contributed by atoms with Crippen LogP contribution in [0.15, 0.2) is 24.3 Å². The molecule has 0 aliphatic heterocycles. The second kappa shape index (κ2) is 7.38. The molecule has 1 aromatic carbocycles. The minimum Gasteiger partial charge on any atom is -0.490 e. The maximum Gasteiger partial charge on any atom is 0.419 e. The molecule has 0 fully saturated rings. The molecular weight excluding hydrogens is 255 g/mol. The second-order valence-electron chi connectivity index (χ2n) is 4.41. The fraction of sp³-hybridized carbons (Fsp3) is 0.571. The van der Waals surface area contributed by atoms with Gasteiger partial charge in [0, 0.05) is 0 Å². The van der Waals surface area contributed by atoms with Crippen molar-refractivity contribution in [3.8, 4) is 5.75 Å². The summed E-state index contributed by atoms with van der Waals surface area (Å²) in [6.45, 7) is 2.71. The van der Waals surface area contributed by atoms with Gasteiger partial charge in [0.1, 0.15) is 5.75 Å². The molecule has 0 bridgehead atoms. The monoisotopic (exact) mass is 275 g/mol.